The highest BCUT2D eigenvalue weighted by Crippen LogP contribution is 2.25. The third-order valence-corrected chi connectivity index (χ3v) is 4.51. The summed E-state index contributed by atoms with van der Waals surface area (Å²) >= 11 is 0. The highest BCUT2D eigenvalue weighted by molar-refractivity contribution is 6.08. The van der Waals surface area contributed by atoms with Crippen molar-refractivity contribution in [3.05, 3.63) is 95.6 Å². The number of esters is 1. The van der Waals surface area contributed by atoms with E-state index in [9.17, 15) is 9.59 Å². The first-order valence-electron chi connectivity index (χ1n) is 10.3. The third kappa shape index (κ3) is 6.71. The van der Waals surface area contributed by atoms with Gasteiger partial charge in [-0.1, -0.05) is 48.5 Å². The van der Waals surface area contributed by atoms with Crippen molar-refractivity contribution >= 4 is 23.3 Å². The average molecular weight is 417 g/mol. The van der Waals surface area contributed by atoms with Crippen LogP contribution >= 0.6 is 0 Å². The largest absolute Gasteiger partial charge is 0.456 e. The third-order valence-electron chi connectivity index (χ3n) is 4.51. The predicted octanol–water partition coefficient (Wildman–Crippen LogP) is 5.55. The average Bonchev–Trinajstić information content (AvgIpc) is 2.74. The number of ether oxygens (including phenoxy) is 1. The summed E-state index contributed by atoms with van der Waals surface area (Å²) in [4.78, 5) is 25.4. The summed E-state index contributed by atoms with van der Waals surface area (Å²) in [5, 5.41) is 6.22. The van der Waals surface area contributed by atoms with Crippen molar-refractivity contribution in [2.24, 2.45) is 0 Å². The van der Waals surface area contributed by atoms with Crippen LogP contribution in [0.1, 0.15) is 47.1 Å². The molecule has 3 aromatic carbocycles. The zero-order valence-electron chi connectivity index (χ0n) is 18.1. The van der Waals surface area contributed by atoms with Gasteiger partial charge in [0.25, 0.3) is 5.91 Å². The number of hydrogen-bond donors (Lipinski definition) is 2. The molecule has 1 amide bonds. The van der Waals surface area contributed by atoms with Gasteiger partial charge in [0.05, 0.1) is 11.3 Å². The molecular weight excluding hydrogens is 388 g/mol. The van der Waals surface area contributed by atoms with Crippen molar-refractivity contribution in [1.82, 2.24) is 0 Å². The highest BCUT2D eigenvalue weighted by atomic mass is 16.6. The first-order chi connectivity index (χ1) is 14.8. The summed E-state index contributed by atoms with van der Waals surface area (Å²) in [6, 6.07) is 24.4. The van der Waals surface area contributed by atoms with Gasteiger partial charge in [-0.05, 0) is 63.1 Å². The normalized spacial score (nSPS) is 10.9. The lowest BCUT2D eigenvalue weighted by Gasteiger charge is -2.21. The molecule has 0 fully saturated rings. The Labute approximate surface area is 183 Å². The molecule has 3 aromatic rings. The Bertz CT molecular complexity index is 1030. The van der Waals surface area contributed by atoms with Crippen LogP contribution in [0.15, 0.2) is 78.9 Å². The first-order valence-corrected chi connectivity index (χ1v) is 10.3. The minimum atomic E-state index is -0.635. The molecule has 0 aliphatic carbocycles. The van der Waals surface area contributed by atoms with Crippen LogP contribution in [0.2, 0.25) is 0 Å². The second-order valence-corrected chi connectivity index (χ2v) is 8.24. The van der Waals surface area contributed by atoms with Crippen molar-refractivity contribution in [1.29, 1.82) is 0 Å². The van der Waals surface area contributed by atoms with Crippen LogP contribution in [-0.2, 0) is 11.2 Å². The number of nitrogens with one attached hydrogen (secondary N) is 2. The lowest BCUT2D eigenvalue weighted by atomic mass is 10.1. The van der Waals surface area contributed by atoms with Gasteiger partial charge in [-0.15, -0.1) is 0 Å². The van der Waals surface area contributed by atoms with Gasteiger partial charge in [-0.25, -0.2) is 4.79 Å². The molecular formula is C26H28N2O3. The van der Waals surface area contributed by atoms with Gasteiger partial charge >= 0.3 is 5.97 Å². The van der Waals surface area contributed by atoms with Crippen LogP contribution in [0.3, 0.4) is 0 Å². The Morgan fingerprint density at radius 2 is 1.52 bits per heavy atom. The van der Waals surface area contributed by atoms with Gasteiger partial charge in [0.2, 0.25) is 0 Å². The van der Waals surface area contributed by atoms with Crippen molar-refractivity contribution < 1.29 is 14.3 Å². The van der Waals surface area contributed by atoms with Gasteiger partial charge in [-0.3, -0.25) is 4.79 Å². The van der Waals surface area contributed by atoms with E-state index in [4.69, 9.17) is 4.74 Å². The van der Waals surface area contributed by atoms with Crippen molar-refractivity contribution in [2.75, 3.05) is 17.2 Å². The zero-order valence-corrected chi connectivity index (χ0v) is 18.1. The summed E-state index contributed by atoms with van der Waals surface area (Å²) in [5.74, 6) is -0.765. The number of benzene rings is 3. The molecule has 0 radical (unpaired) electrons. The molecule has 0 aliphatic heterocycles. The van der Waals surface area contributed by atoms with Gasteiger partial charge < -0.3 is 15.4 Å². The minimum Gasteiger partial charge on any atom is -0.456 e. The summed E-state index contributed by atoms with van der Waals surface area (Å²) in [6.07, 6.45) is 0.861. The Morgan fingerprint density at radius 1 is 0.871 bits per heavy atom. The molecule has 0 spiro atoms. The van der Waals surface area contributed by atoms with Crippen molar-refractivity contribution in [2.45, 2.75) is 32.8 Å². The standard InChI is InChI=1S/C26H28N2O3/c1-26(2,3)31-25(30)22-15-14-21(27-17-16-19-10-6-4-7-11-19)18-23(22)28-24(29)20-12-8-5-9-13-20/h4-15,18,27H,16-17H2,1-3H3,(H,28,29). The van der Waals surface area contributed by atoms with E-state index >= 15 is 0 Å². The molecule has 0 bridgehead atoms. The number of amides is 1. The molecule has 3 rings (SSSR count). The molecule has 5 heteroatoms. The number of anilines is 2. The van der Waals surface area contributed by atoms with E-state index in [1.54, 1.807) is 36.4 Å². The number of rotatable bonds is 7. The molecule has 0 atom stereocenters. The van der Waals surface area contributed by atoms with Gasteiger partial charge in [-0.2, -0.15) is 0 Å². The maximum Gasteiger partial charge on any atom is 0.340 e. The SMILES string of the molecule is CC(C)(C)OC(=O)c1ccc(NCCc2ccccc2)cc1NC(=O)c1ccccc1. The van der Waals surface area contributed by atoms with Gasteiger partial charge in [0.15, 0.2) is 0 Å². The number of carbonyl (C=O) groups excluding carboxylic acids is 2. The molecule has 0 heterocycles. The Kier molecular flexibility index (Phi) is 7.08. The fourth-order valence-electron chi connectivity index (χ4n) is 3.05. The lowest BCUT2D eigenvalue weighted by molar-refractivity contribution is 0.00708. The summed E-state index contributed by atoms with van der Waals surface area (Å²) in [6.45, 7) is 6.16. The number of hydrogen-bond acceptors (Lipinski definition) is 4. The maximum atomic E-state index is 12.7. The summed E-state index contributed by atoms with van der Waals surface area (Å²) < 4.78 is 5.52. The fraction of sp³-hybridized carbons (Fsp3) is 0.231. The van der Waals surface area contributed by atoms with E-state index < -0.39 is 11.6 Å². The lowest BCUT2D eigenvalue weighted by Crippen LogP contribution is -2.25. The fourth-order valence-corrected chi connectivity index (χ4v) is 3.05. The smallest absolute Gasteiger partial charge is 0.340 e. The van der Waals surface area contributed by atoms with E-state index in [-0.39, 0.29) is 5.91 Å². The Morgan fingerprint density at radius 3 is 2.16 bits per heavy atom. The van der Waals surface area contributed by atoms with Crippen LogP contribution < -0.4 is 10.6 Å². The predicted molar refractivity (Wildman–Crippen MR) is 125 cm³/mol. The molecule has 0 unspecified atom stereocenters. The topological polar surface area (TPSA) is 67.4 Å². The molecule has 0 saturated heterocycles. The van der Waals surface area contributed by atoms with E-state index in [1.807, 2.05) is 51.1 Å². The second-order valence-electron chi connectivity index (χ2n) is 8.24. The van der Waals surface area contributed by atoms with E-state index in [1.165, 1.54) is 5.56 Å². The van der Waals surface area contributed by atoms with Crippen LogP contribution in [0.5, 0.6) is 0 Å². The molecule has 2 N–H and O–H groups in total. The summed E-state index contributed by atoms with van der Waals surface area (Å²) in [5.41, 5.74) is 2.65. The van der Waals surface area contributed by atoms with E-state index in [0.29, 0.717) is 16.8 Å². The van der Waals surface area contributed by atoms with Crippen LogP contribution in [0.4, 0.5) is 11.4 Å². The monoisotopic (exact) mass is 416 g/mol. The molecule has 160 valence electrons. The van der Waals surface area contributed by atoms with E-state index in [0.717, 1.165) is 18.7 Å². The highest BCUT2D eigenvalue weighted by Gasteiger charge is 2.22. The van der Waals surface area contributed by atoms with Gasteiger partial charge in [0, 0.05) is 17.8 Å². The maximum absolute atomic E-state index is 12.7. The van der Waals surface area contributed by atoms with E-state index in [2.05, 4.69) is 22.8 Å². The Balaban J connectivity index is 1.79. The van der Waals surface area contributed by atoms with Crippen LogP contribution in [0.25, 0.3) is 0 Å². The number of carbonyl (C=O) groups is 2. The van der Waals surface area contributed by atoms with Crippen LogP contribution in [0, 0.1) is 0 Å². The molecule has 0 aliphatic rings. The summed E-state index contributed by atoms with van der Waals surface area (Å²) in [7, 11) is 0. The first kappa shape index (κ1) is 22.1. The van der Waals surface area contributed by atoms with Crippen molar-refractivity contribution in [3.8, 4) is 0 Å². The van der Waals surface area contributed by atoms with Crippen LogP contribution in [-0.4, -0.2) is 24.0 Å². The van der Waals surface area contributed by atoms with Gasteiger partial charge in [0.1, 0.15) is 5.60 Å². The molecule has 5 nitrogen and oxygen atoms in total. The quantitative estimate of drug-likeness (QED) is 0.496. The molecule has 0 saturated carbocycles. The Hall–Kier alpha value is -3.60. The zero-order chi connectivity index (χ0) is 22.3. The second kappa shape index (κ2) is 9.94. The molecule has 0 aromatic heterocycles. The van der Waals surface area contributed by atoms with Crippen molar-refractivity contribution in [3.63, 3.8) is 0 Å². The molecule has 31 heavy (non-hydrogen) atoms. The minimum absolute atomic E-state index is 0.285.